The molecule has 0 radical (unpaired) electrons. The second-order valence-electron chi connectivity index (χ2n) is 5.20. The maximum Gasteiger partial charge on any atom is 0.139 e. The summed E-state index contributed by atoms with van der Waals surface area (Å²) in [6, 6.07) is 6.24. The Hall–Kier alpha value is -2.17. The van der Waals surface area contributed by atoms with Crippen molar-refractivity contribution in [3.63, 3.8) is 0 Å². The Morgan fingerprint density at radius 2 is 1.76 bits per heavy atom. The molecule has 112 valence electrons. The Balaban J connectivity index is 2.31. The van der Waals surface area contributed by atoms with E-state index in [4.69, 9.17) is 0 Å². The Morgan fingerprint density at radius 3 is 2.38 bits per heavy atom. The summed E-state index contributed by atoms with van der Waals surface area (Å²) >= 11 is 0. The summed E-state index contributed by atoms with van der Waals surface area (Å²) in [6.07, 6.45) is 2.57. The molecule has 2 rings (SSSR count). The molecule has 0 bridgehead atoms. The number of rotatable bonds is 6. The smallest absolute Gasteiger partial charge is 0.139 e. The summed E-state index contributed by atoms with van der Waals surface area (Å²) in [5, 5.41) is 6.57. The van der Waals surface area contributed by atoms with Crippen molar-refractivity contribution >= 4 is 17.3 Å². The minimum Gasteiger partial charge on any atom is -0.370 e. The third-order valence-electron chi connectivity index (χ3n) is 3.11. The largest absolute Gasteiger partial charge is 0.370 e. The van der Waals surface area contributed by atoms with Gasteiger partial charge < -0.3 is 10.6 Å². The third-order valence-corrected chi connectivity index (χ3v) is 3.11. The summed E-state index contributed by atoms with van der Waals surface area (Å²) in [7, 11) is 0. The lowest BCUT2D eigenvalue weighted by molar-refractivity contribution is 0.628. The van der Waals surface area contributed by atoms with Gasteiger partial charge in [0.2, 0.25) is 0 Å². The predicted octanol–water partition coefficient (Wildman–Crippen LogP) is 4.30. The van der Waals surface area contributed by atoms with Gasteiger partial charge in [0.1, 0.15) is 23.8 Å². The number of hydrogen-bond acceptors (Lipinski definition) is 4. The van der Waals surface area contributed by atoms with Gasteiger partial charge in [0.05, 0.1) is 0 Å². The van der Waals surface area contributed by atoms with Crippen LogP contribution in [0.1, 0.15) is 38.7 Å². The Bertz CT molecular complexity index is 581. The van der Waals surface area contributed by atoms with Gasteiger partial charge in [-0.25, -0.2) is 14.4 Å². The molecule has 0 unspecified atom stereocenters. The number of anilines is 3. The first-order valence-corrected chi connectivity index (χ1v) is 7.23. The molecule has 1 heterocycles. The fourth-order valence-electron chi connectivity index (χ4n) is 2.10. The van der Waals surface area contributed by atoms with Crippen LogP contribution in [-0.4, -0.2) is 16.5 Å². The molecule has 2 aromatic rings. The van der Waals surface area contributed by atoms with E-state index >= 15 is 0 Å². The summed E-state index contributed by atoms with van der Waals surface area (Å²) in [5.41, 5.74) is 1.84. The van der Waals surface area contributed by atoms with E-state index < -0.39 is 0 Å². The molecule has 0 saturated heterocycles. The van der Waals surface area contributed by atoms with E-state index in [0.29, 0.717) is 0 Å². The standard InChI is InChI=1S/C16H21FN4/c1-4-9-18-15-14(11(2)3)16(20-10-19-15)21-13-7-5-12(17)6-8-13/h5-8,10-11H,4,9H2,1-3H3,(H2,18,19,20,21). The quantitative estimate of drug-likeness (QED) is 0.832. The molecule has 4 nitrogen and oxygen atoms in total. The number of halogens is 1. The third kappa shape index (κ3) is 3.90. The number of nitrogens with zero attached hydrogens (tertiary/aromatic N) is 2. The van der Waals surface area contributed by atoms with Crippen molar-refractivity contribution in [2.75, 3.05) is 17.2 Å². The second-order valence-corrected chi connectivity index (χ2v) is 5.20. The van der Waals surface area contributed by atoms with Gasteiger partial charge in [0.15, 0.2) is 0 Å². The average molecular weight is 288 g/mol. The van der Waals surface area contributed by atoms with Crippen molar-refractivity contribution in [1.29, 1.82) is 0 Å². The molecule has 2 N–H and O–H groups in total. The number of nitrogens with one attached hydrogen (secondary N) is 2. The first-order chi connectivity index (χ1) is 10.1. The maximum absolute atomic E-state index is 13.0. The summed E-state index contributed by atoms with van der Waals surface area (Å²) < 4.78 is 13.0. The Labute approximate surface area is 124 Å². The molecule has 0 spiro atoms. The fourth-order valence-corrected chi connectivity index (χ4v) is 2.10. The topological polar surface area (TPSA) is 49.8 Å². The van der Waals surface area contributed by atoms with Crippen LogP contribution in [0.2, 0.25) is 0 Å². The fraction of sp³-hybridized carbons (Fsp3) is 0.375. The van der Waals surface area contributed by atoms with Crippen LogP contribution >= 0.6 is 0 Å². The zero-order chi connectivity index (χ0) is 15.2. The van der Waals surface area contributed by atoms with Crippen molar-refractivity contribution in [2.24, 2.45) is 0 Å². The molecule has 0 aliphatic rings. The van der Waals surface area contributed by atoms with Gasteiger partial charge in [0, 0.05) is 17.8 Å². The minimum absolute atomic E-state index is 0.252. The molecule has 0 atom stereocenters. The van der Waals surface area contributed by atoms with E-state index in [9.17, 15) is 4.39 Å². The van der Waals surface area contributed by atoms with E-state index in [2.05, 4.69) is 41.4 Å². The van der Waals surface area contributed by atoms with Crippen molar-refractivity contribution in [2.45, 2.75) is 33.1 Å². The van der Waals surface area contributed by atoms with E-state index in [1.807, 2.05) is 0 Å². The van der Waals surface area contributed by atoms with E-state index in [-0.39, 0.29) is 11.7 Å². The second kappa shape index (κ2) is 7.02. The highest BCUT2D eigenvalue weighted by atomic mass is 19.1. The SMILES string of the molecule is CCCNc1ncnc(Nc2ccc(F)cc2)c1C(C)C. The summed E-state index contributed by atoms with van der Waals surface area (Å²) in [4.78, 5) is 8.66. The monoisotopic (exact) mass is 288 g/mol. The van der Waals surface area contributed by atoms with Crippen LogP contribution in [0, 0.1) is 5.82 Å². The molecule has 0 aliphatic carbocycles. The van der Waals surface area contributed by atoms with Crippen LogP contribution in [-0.2, 0) is 0 Å². The maximum atomic E-state index is 13.0. The van der Waals surface area contributed by atoms with Crippen molar-refractivity contribution in [3.05, 3.63) is 42.0 Å². The first kappa shape index (κ1) is 15.2. The molecule has 5 heteroatoms. The molecule has 0 fully saturated rings. The van der Waals surface area contributed by atoms with Gasteiger partial charge in [-0.3, -0.25) is 0 Å². The highest BCUT2D eigenvalue weighted by molar-refractivity contribution is 5.65. The highest BCUT2D eigenvalue weighted by Gasteiger charge is 2.14. The van der Waals surface area contributed by atoms with Gasteiger partial charge in [-0.05, 0) is 36.6 Å². The van der Waals surface area contributed by atoms with Gasteiger partial charge in [-0.1, -0.05) is 20.8 Å². The van der Waals surface area contributed by atoms with Crippen molar-refractivity contribution in [1.82, 2.24) is 9.97 Å². The molecule has 21 heavy (non-hydrogen) atoms. The van der Waals surface area contributed by atoms with Gasteiger partial charge in [-0.15, -0.1) is 0 Å². The van der Waals surface area contributed by atoms with Gasteiger partial charge >= 0.3 is 0 Å². The molecule has 0 aliphatic heterocycles. The Kier molecular flexibility index (Phi) is 5.09. The van der Waals surface area contributed by atoms with Crippen LogP contribution < -0.4 is 10.6 Å². The first-order valence-electron chi connectivity index (χ1n) is 7.23. The lowest BCUT2D eigenvalue weighted by Crippen LogP contribution is -2.10. The minimum atomic E-state index is -0.252. The van der Waals surface area contributed by atoms with E-state index in [0.717, 1.165) is 35.9 Å². The molecule has 1 aromatic carbocycles. The lowest BCUT2D eigenvalue weighted by Gasteiger charge is -2.17. The van der Waals surface area contributed by atoms with Crippen LogP contribution in [0.5, 0.6) is 0 Å². The molecule has 0 amide bonds. The highest BCUT2D eigenvalue weighted by Crippen LogP contribution is 2.30. The Morgan fingerprint density at radius 1 is 1.10 bits per heavy atom. The van der Waals surface area contributed by atoms with Crippen LogP contribution in [0.25, 0.3) is 0 Å². The van der Waals surface area contributed by atoms with E-state index in [1.165, 1.54) is 18.5 Å². The predicted molar refractivity (Wildman–Crippen MR) is 84.6 cm³/mol. The number of aromatic nitrogens is 2. The van der Waals surface area contributed by atoms with Gasteiger partial charge in [-0.2, -0.15) is 0 Å². The molecular formula is C16H21FN4. The lowest BCUT2D eigenvalue weighted by atomic mass is 10.0. The van der Waals surface area contributed by atoms with Crippen LogP contribution in [0.3, 0.4) is 0 Å². The normalized spacial score (nSPS) is 10.7. The molecular weight excluding hydrogens is 267 g/mol. The molecule has 1 aromatic heterocycles. The zero-order valence-electron chi connectivity index (χ0n) is 12.7. The number of benzene rings is 1. The zero-order valence-corrected chi connectivity index (χ0v) is 12.7. The summed E-state index contributed by atoms with van der Waals surface area (Å²) in [5.74, 6) is 1.63. The summed E-state index contributed by atoms with van der Waals surface area (Å²) in [6.45, 7) is 7.19. The van der Waals surface area contributed by atoms with Crippen molar-refractivity contribution < 1.29 is 4.39 Å². The van der Waals surface area contributed by atoms with Crippen molar-refractivity contribution in [3.8, 4) is 0 Å². The molecule has 0 saturated carbocycles. The van der Waals surface area contributed by atoms with Crippen LogP contribution in [0.15, 0.2) is 30.6 Å². The van der Waals surface area contributed by atoms with E-state index in [1.54, 1.807) is 12.1 Å². The number of hydrogen-bond donors (Lipinski definition) is 2. The van der Waals surface area contributed by atoms with Gasteiger partial charge in [0.25, 0.3) is 0 Å². The average Bonchev–Trinajstić information content (AvgIpc) is 2.47. The van der Waals surface area contributed by atoms with Crippen LogP contribution in [0.4, 0.5) is 21.7 Å².